The van der Waals surface area contributed by atoms with E-state index in [4.69, 9.17) is 4.74 Å². The van der Waals surface area contributed by atoms with Crippen LogP contribution < -0.4 is 10.6 Å². The number of carbonyl (C=O) groups excluding carboxylic acids is 3. The van der Waals surface area contributed by atoms with E-state index in [9.17, 15) is 28.9 Å². The summed E-state index contributed by atoms with van der Waals surface area (Å²) < 4.78 is 18.1. The Balaban J connectivity index is 1.54. The molecule has 0 fully saturated rings. The van der Waals surface area contributed by atoms with Crippen molar-refractivity contribution in [2.24, 2.45) is 0 Å². The first-order chi connectivity index (χ1) is 16.7. The Morgan fingerprint density at radius 3 is 2.40 bits per heavy atom. The van der Waals surface area contributed by atoms with Crippen LogP contribution in [0, 0.1) is 22.9 Å². The number of benzene rings is 3. The molecule has 0 unspecified atom stereocenters. The molecule has 3 aromatic carbocycles. The summed E-state index contributed by atoms with van der Waals surface area (Å²) in [5.41, 5.74) is 1.37. The summed E-state index contributed by atoms with van der Waals surface area (Å²) in [5, 5.41) is 16.0. The molecule has 0 saturated heterocycles. The largest absolute Gasteiger partial charge is 0.452 e. The highest BCUT2D eigenvalue weighted by Crippen LogP contribution is 2.24. The van der Waals surface area contributed by atoms with E-state index in [-0.39, 0.29) is 22.9 Å². The maximum atomic E-state index is 13.0. The number of hydrogen-bond donors (Lipinski definition) is 2. The van der Waals surface area contributed by atoms with E-state index in [0.29, 0.717) is 21.8 Å². The van der Waals surface area contributed by atoms with Gasteiger partial charge in [-0.05, 0) is 55.0 Å². The molecule has 3 aromatic rings. The van der Waals surface area contributed by atoms with Crippen LogP contribution in [0.3, 0.4) is 0 Å². The number of amides is 2. The highest BCUT2D eigenvalue weighted by Gasteiger charge is 2.17. The summed E-state index contributed by atoms with van der Waals surface area (Å²) in [6.45, 7) is 1.04. The number of non-ortho nitro benzene ring substituents is 1. The van der Waals surface area contributed by atoms with Crippen molar-refractivity contribution in [2.75, 3.05) is 23.0 Å². The molecule has 0 saturated carbocycles. The monoisotopic (exact) mass is 497 g/mol. The minimum Gasteiger partial charge on any atom is -0.452 e. The van der Waals surface area contributed by atoms with Crippen molar-refractivity contribution >= 4 is 46.6 Å². The van der Waals surface area contributed by atoms with Crippen LogP contribution in [0.5, 0.6) is 0 Å². The Hall–Kier alpha value is -4.25. The molecule has 2 amide bonds. The van der Waals surface area contributed by atoms with Gasteiger partial charge in [-0.2, -0.15) is 0 Å². The van der Waals surface area contributed by atoms with Crippen molar-refractivity contribution in [1.82, 2.24) is 0 Å². The standard InChI is InChI=1S/C24H20FN3O6S/c1-15-12-18(28(32)33)10-11-20(15)27-22(29)13-34-24(31)19-4-2-3-5-21(19)35-14-23(30)26-17-8-6-16(25)7-9-17/h2-12H,13-14H2,1H3,(H,26,30)(H,27,29). The molecule has 0 aliphatic heterocycles. The molecule has 9 nitrogen and oxygen atoms in total. The predicted molar refractivity (Wildman–Crippen MR) is 129 cm³/mol. The van der Waals surface area contributed by atoms with Gasteiger partial charge in [0.1, 0.15) is 5.82 Å². The van der Waals surface area contributed by atoms with Crippen molar-refractivity contribution in [3.63, 3.8) is 0 Å². The van der Waals surface area contributed by atoms with Crippen LogP contribution in [0.25, 0.3) is 0 Å². The van der Waals surface area contributed by atoms with Crippen LogP contribution in [0.15, 0.2) is 71.6 Å². The quantitative estimate of drug-likeness (QED) is 0.192. The van der Waals surface area contributed by atoms with Crippen molar-refractivity contribution in [3.8, 4) is 0 Å². The number of aryl methyl sites for hydroxylation is 1. The van der Waals surface area contributed by atoms with Gasteiger partial charge in [0.15, 0.2) is 6.61 Å². The van der Waals surface area contributed by atoms with Gasteiger partial charge < -0.3 is 15.4 Å². The third-order valence-electron chi connectivity index (χ3n) is 4.62. The Kier molecular flexibility index (Phi) is 8.52. The Morgan fingerprint density at radius 2 is 1.71 bits per heavy atom. The Labute approximate surface area is 203 Å². The zero-order valence-electron chi connectivity index (χ0n) is 18.4. The fourth-order valence-electron chi connectivity index (χ4n) is 2.93. The first-order valence-electron chi connectivity index (χ1n) is 10.2. The number of nitro benzene ring substituents is 1. The molecule has 0 atom stereocenters. The van der Waals surface area contributed by atoms with E-state index in [1.807, 2.05) is 0 Å². The van der Waals surface area contributed by atoms with Crippen molar-refractivity contribution in [1.29, 1.82) is 0 Å². The zero-order chi connectivity index (χ0) is 25.4. The normalized spacial score (nSPS) is 10.3. The van der Waals surface area contributed by atoms with E-state index < -0.39 is 29.2 Å². The minimum atomic E-state index is -0.748. The lowest BCUT2D eigenvalue weighted by Gasteiger charge is -2.11. The Morgan fingerprint density at radius 1 is 1.00 bits per heavy atom. The topological polar surface area (TPSA) is 128 Å². The number of rotatable bonds is 9. The molecule has 0 heterocycles. The summed E-state index contributed by atoms with van der Waals surface area (Å²) in [6.07, 6.45) is 0. The molecule has 35 heavy (non-hydrogen) atoms. The van der Waals surface area contributed by atoms with Crippen LogP contribution in [-0.4, -0.2) is 35.1 Å². The molecule has 0 bridgehead atoms. The van der Waals surface area contributed by atoms with Gasteiger partial charge in [0.25, 0.3) is 11.6 Å². The number of anilines is 2. The second-order valence-electron chi connectivity index (χ2n) is 7.22. The number of nitrogens with one attached hydrogen (secondary N) is 2. The van der Waals surface area contributed by atoms with E-state index in [2.05, 4.69) is 10.6 Å². The zero-order valence-corrected chi connectivity index (χ0v) is 19.3. The van der Waals surface area contributed by atoms with Gasteiger partial charge in [0.2, 0.25) is 5.91 Å². The summed E-state index contributed by atoms with van der Waals surface area (Å²) in [6, 6.07) is 15.8. The number of ether oxygens (including phenoxy) is 1. The van der Waals surface area contributed by atoms with Crippen molar-refractivity contribution in [3.05, 3.63) is 93.8 Å². The van der Waals surface area contributed by atoms with E-state index in [0.717, 1.165) is 11.8 Å². The third kappa shape index (κ3) is 7.37. The average Bonchev–Trinajstić information content (AvgIpc) is 2.84. The molecular weight excluding hydrogens is 477 g/mol. The van der Waals surface area contributed by atoms with E-state index >= 15 is 0 Å². The maximum absolute atomic E-state index is 13.0. The molecule has 0 spiro atoms. The lowest BCUT2D eigenvalue weighted by molar-refractivity contribution is -0.384. The van der Waals surface area contributed by atoms with Gasteiger partial charge in [-0.15, -0.1) is 11.8 Å². The molecule has 180 valence electrons. The van der Waals surface area contributed by atoms with Gasteiger partial charge in [-0.1, -0.05) is 12.1 Å². The van der Waals surface area contributed by atoms with Crippen LogP contribution in [0.1, 0.15) is 15.9 Å². The summed E-state index contributed by atoms with van der Waals surface area (Å²) in [7, 11) is 0. The number of hydrogen-bond acceptors (Lipinski definition) is 7. The number of nitrogens with zero attached hydrogens (tertiary/aromatic N) is 1. The molecule has 0 radical (unpaired) electrons. The van der Waals surface area contributed by atoms with E-state index in [1.165, 1.54) is 48.5 Å². The highest BCUT2D eigenvalue weighted by atomic mass is 32.2. The second-order valence-corrected chi connectivity index (χ2v) is 8.24. The first-order valence-corrected chi connectivity index (χ1v) is 11.2. The van der Waals surface area contributed by atoms with Gasteiger partial charge >= 0.3 is 5.97 Å². The fourth-order valence-corrected chi connectivity index (χ4v) is 3.77. The van der Waals surface area contributed by atoms with Crippen LogP contribution in [0.2, 0.25) is 0 Å². The molecule has 0 aliphatic carbocycles. The lowest BCUT2D eigenvalue weighted by atomic mass is 10.2. The average molecular weight is 498 g/mol. The molecule has 2 N–H and O–H groups in total. The van der Waals surface area contributed by atoms with Crippen LogP contribution in [-0.2, 0) is 14.3 Å². The van der Waals surface area contributed by atoms with Gasteiger partial charge in [0.05, 0.1) is 16.2 Å². The van der Waals surface area contributed by atoms with Crippen molar-refractivity contribution < 1.29 is 28.4 Å². The van der Waals surface area contributed by atoms with E-state index in [1.54, 1.807) is 25.1 Å². The molecule has 3 rings (SSSR count). The van der Waals surface area contributed by atoms with Gasteiger partial charge in [-0.3, -0.25) is 19.7 Å². The summed E-state index contributed by atoms with van der Waals surface area (Å²) in [4.78, 5) is 47.7. The number of halogens is 1. The molecule has 0 aliphatic rings. The fraction of sp³-hybridized carbons (Fsp3) is 0.125. The number of carbonyl (C=O) groups is 3. The number of thioether (sulfide) groups is 1. The smallest absolute Gasteiger partial charge is 0.339 e. The molecule has 0 aromatic heterocycles. The van der Waals surface area contributed by atoms with Crippen molar-refractivity contribution in [2.45, 2.75) is 11.8 Å². The maximum Gasteiger partial charge on any atom is 0.339 e. The predicted octanol–water partition coefficient (Wildman–Crippen LogP) is 4.57. The van der Waals surface area contributed by atoms with Crippen LogP contribution in [0.4, 0.5) is 21.5 Å². The number of esters is 1. The van der Waals surface area contributed by atoms with Gasteiger partial charge in [0, 0.05) is 28.4 Å². The Bertz CT molecular complexity index is 1270. The summed E-state index contributed by atoms with van der Waals surface area (Å²) >= 11 is 1.11. The third-order valence-corrected chi connectivity index (χ3v) is 5.70. The number of nitro groups is 1. The first kappa shape index (κ1) is 25.4. The summed E-state index contributed by atoms with van der Waals surface area (Å²) in [5.74, 6) is -2.13. The molecular formula is C24H20FN3O6S. The highest BCUT2D eigenvalue weighted by molar-refractivity contribution is 8.00. The lowest BCUT2D eigenvalue weighted by Crippen LogP contribution is -2.21. The minimum absolute atomic E-state index is 0.0123. The van der Waals surface area contributed by atoms with Gasteiger partial charge in [-0.25, -0.2) is 9.18 Å². The SMILES string of the molecule is Cc1cc([N+](=O)[O-])ccc1NC(=O)COC(=O)c1ccccc1SCC(=O)Nc1ccc(F)cc1. The van der Waals surface area contributed by atoms with Crippen LogP contribution >= 0.6 is 11.8 Å². The second kappa shape index (κ2) is 11.7. The molecule has 11 heteroatoms.